The van der Waals surface area contributed by atoms with E-state index in [1.165, 1.54) is 24.1 Å². The number of benzene rings is 4. The van der Waals surface area contributed by atoms with Gasteiger partial charge in [-0.15, -0.1) is 0 Å². The SMILES string of the molecule is COc1ccc(S(=O)(=O)N(CC(=O)N(Cc2cccc(OC)c2)[C@H](Cc2ccccc2)C(=O)NC(C)(C)C)c2ccccc2)cc1. The van der Waals surface area contributed by atoms with E-state index in [4.69, 9.17) is 9.47 Å². The Hall–Kier alpha value is -4.83. The van der Waals surface area contributed by atoms with Gasteiger partial charge in [-0.05, 0) is 80.4 Å². The van der Waals surface area contributed by atoms with Crippen LogP contribution < -0.4 is 19.1 Å². The molecule has 4 aromatic rings. The second-order valence-electron chi connectivity index (χ2n) is 11.8. The first-order valence-corrected chi connectivity index (χ1v) is 16.4. The van der Waals surface area contributed by atoms with Crippen molar-refractivity contribution in [3.05, 3.63) is 120 Å². The number of hydrogen-bond acceptors (Lipinski definition) is 6. The molecule has 2 amide bonds. The molecule has 0 saturated carbocycles. The lowest BCUT2D eigenvalue weighted by Crippen LogP contribution is -2.56. The van der Waals surface area contributed by atoms with Gasteiger partial charge in [0.2, 0.25) is 11.8 Å². The molecule has 10 heteroatoms. The maximum absolute atomic E-state index is 14.6. The normalized spacial score (nSPS) is 12.1. The number of ether oxygens (including phenoxy) is 2. The zero-order valence-corrected chi connectivity index (χ0v) is 27.7. The van der Waals surface area contributed by atoms with Crippen molar-refractivity contribution in [3.63, 3.8) is 0 Å². The molecule has 0 saturated heterocycles. The average molecular weight is 644 g/mol. The fourth-order valence-corrected chi connectivity index (χ4v) is 6.39. The minimum absolute atomic E-state index is 0.00406. The van der Waals surface area contributed by atoms with Gasteiger partial charge >= 0.3 is 0 Å². The highest BCUT2D eigenvalue weighted by Gasteiger charge is 2.35. The molecule has 1 atom stereocenters. The highest BCUT2D eigenvalue weighted by molar-refractivity contribution is 7.92. The molecule has 1 N–H and O–H groups in total. The largest absolute Gasteiger partial charge is 0.497 e. The standard InChI is InChI=1S/C36H41N3O6S/c1-36(2,3)37-35(41)33(24-27-13-8-6-9-14-27)38(25-28-15-12-18-31(23-28)45-5)34(40)26-39(29-16-10-7-11-17-29)46(42,43)32-21-19-30(44-4)20-22-32/h6-23,33H,24-26H2,1-5H3,(H,37,41)/t33-/m1/s1. The van der Waals surface area contributed by atoms with Crippen LogP contribution in [0.3, 0.4) is 0 Å². The van der Waals surface area contributed by atoms with Crippen LogP contribution >= 0.6 is 0 Å². The summed E-state index contributed by atoms with van der Waals surface area (Å²) >= 11 is 0. The van der Waals surface area contributed by atoms with Crippen molar-refractivity contribution in [2.45, 2.75) is 50.2 Å². The molecule has 242 valence electrons. The van der Waals surface area contributed by atoms with Gasteiger partial charge < -0.3 is 19.7 Å². The molecule has 4 aromatic carbocycles. The van der Waals surface area contributed by atoms with Crippen LogP contribution in [0.25, 0.3) is 0 Å². The van der Waals surface area contributed by atoms with Gasteiger partial charge in [-0.2, -0.15) is 0 Å². The van der Waals surface area contributed by atoms with E-state index in [2.05, 4.69) is 5.32 Å². The first kappa shape index (κ1) is 34.1. The molecule has 0 fully saturated rings. The highest BCUT2D eigenvalue weighted by Crippen LogP contribution is 2.26. The minimum Gasteiger partial charge on any atom is -0.497 e. The van der Waals surface area contributed by atoms with Crippen LogP contribution in [0.2, 0.25) is 0 Å². The molecule has 0 aliphatic rings. The summed E-state index contributed by atoms with van der Waals surface area (Å²) in [4.78, 5) is 30.0. The van der Waals surface area contributed by atoms with Crippen molar-refractivity contribution in [2.75, 3.05) is 25.1 Å². The molecule has 0 spiro atoms. The van der Waals surface area contributed by atoms with Crippen LogP contribution in [0.15, 0.2) is 114 Å². The lowest BCUT2D eigenvalue weighted by molar-refractivity contribution is -0.140. The quantitative estimate of drug-likeness (QED) is 0.208. The Kier molecular flexibility index (Phi) is 11.1. The molecule has 9 nitrogen and oxygen atoms in total. The van der Waals surface area contributed by atoms with Crippen molar-refractivity contribution in [3.8, 4) is 11.5 Å². The third kappa shape index (κ3) is 8.88. The summed E-state index contributed by atoms with van der Waals surface area (Å²) in [6.45, 7) is 5.11. The fourth-order valence-electron chi connectivity index (χ4n) is 4.97. The predicted molar refractivity (Wildman–Crippen MR) is 179 cm³/mol. The van der Waals surface area contributed by atoms with E-state index in [0.29, 0.717) is 17.2 Å². The van der Waals surface area contributed by atoms with Crippen LogP contribution in [0.4, 0.5) is 5.69 Å². The van der Waals surface area contributed by atoms with Gasteiger partial charge in [0, 0.05) is 18.5 Å². The lowest BCUT2D eigenvalue weighted by atomic mass is 10.0. The molecule has 0 aliphatic heterocycles. The number of sulfonamides is 1. The molecule has 0 heterocycles. The van der Waals surface area contributed by atoms with E-state index in [9.17, 15) is 18.0 Å². The topological polar surface area (TPSA) is 105 Å². The number of carbonyl (C=O) groups is 2. The highest BCUT2D eigenvalue weighted by atomic mass is 32.2. The van der Waals surface area contributed by atoms with Gasteiger partial charge in [-0.1, -0.05) is 60.7 Å². The van der Waals surface area contributed by atoms with Gasteiger partial charge in [0.25, 0.3) is 10.0 Å². The lowest BCUT2D eigenvalue weighted by Gasteiger charge is -2.35. The maximum atomic E-state index is 14.6. The molecule has 0 unspecified atom stereocenters. The fraction of sp³-hybridized carbons (Fsp3) is 0.278. The summed E-state index contributed by atoms with van der Waals surface area (Å²) in [7, 11) is -1.16. The van der Waals surface area contributed by atoms with Crippen LogP contribution in [-0.2, 0) is 32.6 Å². The molecule has 0 bridgehead atoms. The van der Waals surface area contributed by atoms with E-state index in [-0.39, 0.29) is 23.8 Å². The number of para-hydroxylation sites is 1. The Morgan fingerprint density at radius 1 is 0.761 bits per heavy atom. The zero-order chi connectivity index (χ0) is 33.3. The van der Waals surface area contributed by atoms with Gasteiger partial charge in [-0.25, -0.2) is 8.42 Å². The number of methoxy groups -OCH3 is 2. The molecule has 0 radical (unpaired) electrons. The zero-order valence-electron chi connectivity index (χ0n) is 26.8. The second-order valence-corrected chi connectivity index (χ2v) is 13.7. The number of nitrogens with zero attached hydrogens (tertiary/aromatic N) is 2. The Morgan fingerprint density at radius 3 is 1.93 bits per heavy atom. The van der Waals surface area contributed by atoms with Crippen LogP contribution in [-0.4, -0.2) is 57.5 Å². The van der Waals surface area contributed by atoms with Gasteiger partial charge in [0.1, 0.15) is 24.1 Å². The van der Waals surface area contributed by atoms with E-state index in [1.807, 2.05) is 63.2 Å². The van der Waals surface area contributed by atoms with Crippen molar-refractivity contribution in [1.82, 2.24) is 10.2 Å². The van der Waals surface area contributed by atoms with Crippen LogP contribution in [0.5, 0.6) is 11.5 Å². The molecule has 46 heavy (non-hydrogen) atoms. The number of carbonyl (C=O) groups excluding carboxylic acids is 2. The molecule has 0 aliphatic carbocycles. The monoisotopic (exact) mass is 643 g/mol. The summed E-state index contributed by atoms with van der Waals surface area (Å²) in [6, 6.07) is 30.2. The Labute approximate surface area is 271 Å². The van der Waals surface area contributed by atoms with Gasteiger partial charge in [0.15, 0.2) is 0 Å². The Bertz CT molecular complexity index is 1710. The third-order valence-electron chi connectivity index (χ3n) is 7.23. The first-order chi connectivity index (χ1) is 21.9. The minimum atomic E-state index is -4.22. The average Bonchev–Trinajstić information content (AvgIpc) is 3.05. The summed E-state index contributed by atoms with van der Waals surface area (Å²) < 4.78 is 40.0. The van der Waals surface area contributed by atoms with Crippen molar-refractivity contribution in [2.24, 2.45) is 0 Å². The molecular formula is C36H41N3O6S. The molecule has 0 aromatic heterocycles. The number of rotatable bonds is 13. The van der Waals surface area contributed by atoms with E-state index >= 15 is 0 Å². The van der Waals surface area contributed by atoms with Crippen LogP contribution in [0.1, 0.15) is 31.9 Å². The number of nitrogens with one attached hydrogen (secondary N) is 1. The van der Waals surface area contributed by atoms with Gasteiger partial charge in [-0.3, -0.25) is 13.9 Å². The number of hydrogen-bond donors (Lipinski definition) is 1. The molecule has 4 rings (SSSR count). The summed E-state index contributed by atoms with van der Waals surface area (Å²) in [5, 5.41) is 3.03. The predicted octanol–water partition coefficient (Wildman–Crippen LogP) is 5.45. The maximum Gasteiger partial charge on any atom is 0.264 e. The smallest absolute Gasteiger partial charge is 0.264 e. The number of amides is 2. The van der Waals surface area contributed by atoms with Gasteiger partial charge in [0.05, 0.1) is 24.8 Å². The first-order valence-electron chi connectivity index (χ1n) is 14.9. The summed E-state index contributed by atoms with van der Waals surface area (Å²) in [5.74, 6) is 0.196. The molecular weight excluding hydrogens is 602 g/mol. The Balaban J connectivity index is 1.81. The number of anilines is 1. The summed E-state index contributed by atoms with van der Waals surface area (Å²) in [6.07, 6.45) is 0.217. The third-order valence-corrected chi connectivity index (χ3v) is 9.01. The van der Waals surface area contributed by atoms with Crippen molar-refractivity contribution in [1.29, 1.82) is 0 Å². The van der Waals surface area contributed by atoms with E-state index in [1.54, 1.807) is 61.7 Å². The van der Waals surface area contributed by atoms with E-state index in [0.717, 1.165) is 15.4 Å². The summed E-state index contributed by atoms with van der Waals surface area (Å²) in [5.41, 5.74) is 1.31. The Morgan fingerprint density at radius 2 is 1.35 bits per heavy atom. The van der Waals surface area contributed by atoms with Crippen LogP contribution in [0, 0.1) is 0 Å². The second kappa shape index (κ2) is 15.0. The van der Waals surface area contributed by atoms with Crippen molar-refractivity contribution >= 4 is 27.5 Å². The van der Waals surface area contributed by atoms with E-state index < -0.39 is 34.1 Å². The van der Waals surface area contributed by atoms with Crippen molar-refractivity contribution < 1.29 is 27.5 Å².